The van der Waals surface area contributed by atoms with Crippen LogP contribution in [0.15, 0.2) is 18.2 Å². The zero-order chi connectivity index (χ0) is 12.0. The van der Waals surface area contributed by atoms with E-state index in [1.165, 1.54) is 6.07 Å². The van der Waals surface area contributed by atoms with Crippen molar-refractivity contribution in [2.24, 2.45) is 0 Å². The van der Waals surface area contributed by atoms with Crippen LogP contribution in [-0.2, 0) is 4.74 Å². The minimum atomic E-state index is -0.574. The van der Waals surface area contributed by atoms with Crippen LogP contribution in [0.4, 0.5) is 10.1 Å². The number of aliphatic hydroxyl groups is 1. The van der Waals surface area contributed by atoms with Gasteiger partial charge < -0.3 is 15.6 Å². The van der Waals surface area contributed by atoms with Crippen molar-refractivity contribution in [1.29, 1.82) is 0 Å². The SMILES string of the molecule is Nc1cc(F)ccc1C(=O)OCCCCO. The number of halogens is 1. The van der Waals surface area contributed by atoms with E-state index in [-0.39, 0.29) is 24.5 Å². The highest BCUT2D eigenvalue weighted by atomic mass is 19.1. The van der Waals surface area contributed by atoms with Gasteiger partial charge in [-0.3, -0.25) is 0 Å². The zero-order valence-electron chi connectivity index (χ0n) is 8.78. The van der Waals surface area contributed by atoms with E-state index < -0.39 is 11.8 Å². The molecule has 0 radical (unpaired) electrons. The molecule has 4 nitrogen and oxygen atoms in total. The second-order valence-corrected chi connectivity index (χ2v) is 3.30. The molecule has 1 aromatic rings. The van der Waals surface area contributed by atoms with Gasteiger partial charge in [-0.2, -0.15) is 0 Å². The summed E-state index contributed by atoms with van der Waals surface area (Å²) < 4.78 is 17.6. The van der Waals surface area contributed by atoms with Crippen LogP contribution >= 0.6 is 0 Å². The van der Waals surface area contributed by atoms with E-state index in [9.17, 15) is 9.18 Å². The Kier molecular flexibility index (Phi) is 4.72. The molecule has 0 amide bonds. The molecule has 0 saturated carbocycles. The van der Waals surface area contributed by atoms with E-state index in [1.54, 1.807) is 0 Å². The number of ether oxygens (including phenoxy) is 1. The van der Waals surface area contributed by atoms with Crippen molar-refractivity contribution in [3.63, 3.8) is 0 Å². The summed E-state index contributed by atoms with van der Waals surface area (Å²) >= 11 is 0. The molecular formula is C11H14FNO3. The van der Waals surface area contributed by atoms with E-state index in [4.69, 9.17) is 15.6 Å². The maximum atomic E-state index is 12.7. The highest BCUT2D eigenvalue weighted by Crippen LogP contribution is 2.14. The smallest absolute Gasteiger partial charge is 0.340 e. The maximum Gasteiger partial charge on any atom is 0.340 e. The summed E-state index contributed by atoms with van der Waals surface area (Å²) in [4.78, 5) is 11.5. The van der Waals surface area contributed by atoms with E-state index in [1.807, 2.05) is 0 Å². The van der Waals surface area contributed by atoms with Crippen molar-refractivity contribution in [2.75, 3.05) is 18.9 Å². The lowest BCUT2D eigenvalue weighted by atomic mass is 10.2. The van der Waals surface area contributed by atoms with Crippen molar-refractivity contribution >= 4 is 11.7 Å². The molecular weight excluding hydrogens is 213 g/mol. The standard InChI is InChI=1S/C11H14FNO3/c12-8-3-4-9(10(13)7-8)11(15)16-6-2-1-5-14/h3-4,7,14H,1-2,5-6,13H2. The Morgan fingerprint density at radius 2 is 2.19 bits per heavy atom. The van der Waals surface area contributed by atoms with Crippen LogP contribution in [0.5, 0.6) is 0 Å². The number of benzene rings is 1. The third kappa shape index (κ3) is 3.51. The van der Waals surface area contributed by atoms with Crippen LogP contribution < -0.4 is 5.73 Å². The molecule has 0 spiro atoms. The summed E-state index contributed by atoms with van der Waals surface area (Å²) in [6, 6.07) is 3.52. The van der Waals surface area contributed by atoms with Crippen molar-refractivity contribution < 1.29 is 19.0 Å². The van der Waals surface area contributed by atoms with E-state index >= 15 is 0 Å². The van der Waals surface area contributed by atoms with E-state index in [0.717, 1.165) is 12.1 Å². The van der Waals surface area contributed by atoms with Gasteiger partial charge in [0, 0.05) is 12.3 Å². The molecule has 0 aliphatic rings. The second kappa shape index (κ2) is 6.07. The van der Waals surface area contributed by atoms with Crippen molar-refractivity contribution in [3.05, 3.63) is 29.6 Å². The van der Waals surface area contributed by atoms with Gasteiger partial charge in [0.05, 0.1) is 12.2 Å². The van der Waals surface area contributed by atoms with E-state index in [0.29, 0.717) is 12.8 Å². The van der Waals surface area contributed by atoms with Crippen LogP contribution in [0.3, 0.4) is 0 Å². The molecule has 0 aliphatic carbocycles. The molecule has 0 aliphatic heterocycles. The highest BCUT2D eigenvalue weighted by Gasteiger charge is 2.11. The first-order valence-corrected chi connectivity index (χ1v) is 4.98. The number of esters is 1. The molecule has 1 rings (SSSR count). The number of nitrogens with two attached hydrogens (primary N) is 1. The zero-order valence-corrected chi connectivity index (χ0v) is 8.78. The van der Waals surface area contributed by atoms with Crippen LogP contribution in [0, 0.1) is 5.82 Å². The Morgan fingerprint density at radius 1 is 1.44 bits per heavy atom. The van der Waals surface area contributed by atoms with Crippen molar-refractivity contribution in [1.82, 2.24) is 0 Å². The molecule has 88 valence electrons. The van der Waals surface area contributed by atoms with Crippen molar-refractivity contribution in [3.8, 4) is 0 Å². The number of unbranched alkanes of at least 4 members (excludes halogenated alkanes) is 1. The number of hydrogen-bond donors (Lipinski definition) is 2. The lowest BCUT2D eigenvalue weighted by molar-refractivity contribution is 0.0494. The van der Waals surface area contributed by atoms with Crippen LogP contribution in [0.1, 0.15) is 23.2 Å². The number of nitrogen functional groups attached to an aromatic ring is 1. The van der Waals surface area contributed by atoms with Gasteiger partial charge in [-0.05, 0) is 31.0 Å². The summed E-state index contributed by atoms with van der Waals surface area (Å²) in [5, 5.41) is 8.52. The lowest BCUT2D eigenvalue weighted by Crippen LogP contribution is -2.09. The molecule has 0 unspecified atom stereocenters. The summed E-state index contributed by atoms with van der Waals surface area (Å²) in [5.74, 6) is -1.07. The quantitative estimate of drug-likeness (QED) is 0.452. The fourth-order valence-corrected chi connectivity index (χ4v) is 1.18. The molecule has 1 aromatic carbocycles. The minimum absolute atomic E-state index is 0.0622. The Labute approximate surface area is 92.8 Å². The largest absolute Gasteiger partial charge is 0.462 e. The number of carbonyl (C=O) groups excluding carboxylic acids is 1. The monoisotopic (exact) mass is 227 g/mol. The summed E-state index contributed by atoms with van der Waals surface area (Å²) in [6.07, 6.45) is 1.16. The van der Waals surface area contributed by atoms with Gasteiger partial charge in [-0.15, -0.1) is 0 Å². The lowest BCUT2D eigenvalue weighted by Gasteiger charge is -2.06. The van der Waals surface area contributed by atoms with Crippen LogP contribution in [0.25, 0.3) is 0 Å². The molecule has 0 heterocycles. The normalized spacial score (nSPS) is 10.1. The van der Waals surface area contributed by atoms with E-state index in [2.05, 4.69) is 0 Å². The number of hydrogen-bond acceptors (Lipinski definition) is 4. The predicted molar refractivity (Wildman–Crippen MR) is 57.4 cm³/mol. The summed E-state index contributed by atoms with van der Waals surface area (Å²) in [6.45, 7) is 0.284. The number of carbonyl (C=O) groups is 1. The first-order chi connectivity index (χ1) is 7.65. The van der Waals surface area contributed by atoms with Gasteiger partial charge >= 0.3 is 5.97 Å². The fourth-order valence-electron chi connectivity index (χ4n) is 1.18. The molecule has 0 bridgehead atoms. The Balaban J connectivity index is 2.53. The van der Waals surface area contributed by atoms with Gasteiger partial charge in [0.1, 0.15) is 5.82 Å². The number of aliphatic hydroxyl groups excluding tert-OH is 1. The molecule has 3 N–H and O–H groups in total. The topological polar surface area (TPSA) is 72.6 Å². The van der Waals surface area contributed by atoms with Gasteiger partial charge in [-0.1, -0.05) is 0 Å². The van der Waals surface area contributed by atoms with Gasteiger partial charge in [0.25, 0.3) is 0 Å². The molecule has 5 heteroatoms. The Hall–Kier alpha value is -1.62. The van der Waals surface area contributed by atoms with Gasteiger partial charge in [0.2, 0.25) is 0 Å². The van der Waals surface area contributed by atoms with Crippen LogP contribution in [0.2, 0.25) is 0 Å². The Morgan fingerprint density at radius 3 is 2.81 bits per heavy atom. The highest BCUT2D eigenvalue weighted by molar-refractivity contribution is 5.94. The maximum absolute atomic E-state index is 12.7. The molecule has 0 aromatic heterocycles. The average Bonchev–Trinajstić information content (AvgIpc) is 2.24. The predicted octanol–water partition coefficient (Wildman–Crippen LogP) is 1.34. The third-order valence-corrected chi connectivity index (χ3v) is 2.02. The molecule has 0 saturated heterocycles. The van der Waals surface area contributed by atoms with Gasteiger partial charge in [-0.25, -0.2) is 9.18 Å². The second-order valence-electron chi connectivity index (χ2n) is 3.30. The first-order valence-electron chi connectivity index (χ1n) is 4.98. The number of rotatable bonds is 5. The van der Waals surface area contributed by atoms with Crippen molar-refractivity contribution in [2.45, 2.75) is 12.8 Å². The average molecular weight is 227 g/mol. The first kappa shape index (κ1) is 12.4. The van der Waals surface area contributed by atoms with Crippen LogP contribution in [-0.4, -0.2) is 24.3 Å². The number of anilines is 1. The summed E-state index contributed by atoms with van der Waals surface area (Å²) in [7, 11) is 0. The Bertz CT molecular complexity index is 368. The van der Waals surface area contributed by atoms with Gasteiger partial charge in [0.15, 0.2) is 0 Å². The third-order valence-electron chi connectivity index (χ3n) is 2.02. The minimum Gasteiger partial charge on any atom is -0.462 e. The fraction of sp³-hybridized carbons (Fsp3) is 0.364. The molecule has 0 fully saturated rings. The molecule has 16 heavy (non-hydrogen) atoms. The summed E-state index contributed by atoms with van der Waals surface area (Å²) in [5.41, 5.74) is 5.69. The molecule has 0 atom stereocenters.